The molecule has 0 fully saturated rings. The summed E-state index contributed by atoms with van der Waals surface area (Å²) in [6.07, 6.45) is 0.690. The van der Waals surface area contributed by atoms with Crippen LogP contribution < -0.4 is 11.1 Å². The lowest BCUT2D eigenvalue weighted by Gasteiger charge is -2.10. The maximum Gasteiger partial charge on any atom is 0.332 e. The number of carbonyl (C=O) groups excluding carboxylic acids is 2. The first-order valence-electron chi connectivity index (χ1n) is 5.41. The molecule has 0 bridgehead atoms. The maximum absolute atomic E-state index is 11.3. The van der Waals surface area contributed by atoms with Gasteiger partial charge in [-0.15, -0.1) is 0 Å². The summed E-state index contributed by atoms with van der Waals surface area (Å²) in [4.78, 5) is 22.4. The van der Waals surface area contributed by atoms with E-state index in [1.165, 1.54) is 0 Å². The number of nitrogens with two attached hydrogens (primary N) is 1. The van der Waals surface area contributed by atoms with Crippen LogP contribution in [0.25, 0.3) is 0 Å². The highest BCUT2D eigenvalue weighted by Crippen LogP contribution is 1.87. The smallest absolute Gasteiger partial charge is 0.332 e. The monoisotopic (exact) mass is 232 g/mol. The lowest BCUT2D eigenvalue weighted by Crippen LogP contribution is -2.47. The van der Waals surface area contributed by atoms with E-state index in [1.54, 1.807) is 6.92 Å². The van der Waals surface area contributed by atoms with Crippen LogP contribution in [0.4, 0.5) is 0 Å². The van der Waals surface area contributed by atoms with E-state index in [0.29, 0.717) is 26.2 Å². The molecule has 0 aliphatic heterocycles. The van der Waals surface area contributed by atoms with Gasteiger partial charge in [-0.1, -0.05) is 0 Å². The Bertz CT molecular complexity index is 221. The zero-order chi connectivity index (χ0) is 12.4. The van der Waals surface area contributed by atoms with Crippen molar-refractivity contribution in [2.75, 3.05) is 26.4 Å². The fraction of sp³-hybridized carbons (Fsp3) is 0.800. The van der Waals surface area contributed by atoms with E-state index in [2.05, 4.69) is 10.1 Å². The summed E-state index contributed by atoms with van der Waals surface area (Å²) < 4.78 is 9.71. The van der Waals surface area contributed by atoms with Gasteiger partial charge in [0.25, 0.3) is 0 Å². The minimum atomic E-state index is -1.24. The average Bonchev–Trinajstić information content (AvgIpc) is 2.27. The first-order chi connectivity index (χ1) is 7.63. The summed E-state index contributed by atoms with van der Waals surface area (Å²) in [7, 11) is 0. The van der Waals surface area contributed by atoms with Gasteiger partial charge in [0.2, 0.25) is 5.91 Å². The summed E-state index contributed by atoms with van der Waals surface area (Å²) in [5.74, 6) is -1.22. The van der Waals surface area contributed by atoms with Gasteiger partial charge in [-0.2, -0.15) is 0 Å². The summed E-state index contributed by atoms with van der Waals surface area (Å²) in [5, 5.41) is 2.54. The summed E-state index contributed by atoms with van der Waals surface area (Å²) >= 11 is 0. The lowest BCUT2D eigenvalue weighted by molar-refractivity contribution is -0.147. The van der Waals surface area contributed by atoms with E-state index in [-0.39, 0.29) is 6.61 Å². The molecule has 0 aliphatic rings. The Balaban J connectivity index is 3.67. The molecule has 1 atom stereocenters. The highest BCUT2D eigenvalue weighted by molar-refractivity contribution is 6.01. The van der Waals surface area contributed by atoms with Crippen molar-refractivity contribution in [3.05, 3.63) is 0 Å². The van der Waals surface area contributed by atoms with Gasteiger partial charge < -0.3 is 20.5 Å². The molecule has 6 nitrogen and oxygen atoms in total. The van der Waals surface area contributed by atoms with Crippen molar-refractivity contribution in [2.24, 2.45) is 5.73 Å². The van der Waals surface area contributed by atoms with Crippen LogP contribution in [0, 0.1) is 0 Å². The van der Waals surface area contributed by atoms with Gasteiger partial charge in [0, 0.05) is 19.8 Å². The summed E-state index contributed by atoms with van der Waals surface area (Å²) in [6.45, 7) is 5.43. The molecule has 0 aromatic rings. The van der Waals surface area contributed by atoms with Crippen molar-refractivity contribution in [1.82, 2.24) is 5.32 Å². The Labute approximate surface area is 95.5 Å². The highest BCUT2D eigenvalue weighted by atomic mass is 16.5. The largest absolute Gasteiger partial charge is 0.464 e. The molecule has 6 heteroatoms. The molecule has 0 saturated carbocycles. The van der Waals surface area contributed by atoms with E-state index in [4.69, 9.17) is 10.5 Å². The van der Waals surface area contributed by atoms with E-state index in [0.717, 1.165) is 0 Å². The van der Waals surface area contributed by atoms with Gasteiger partial charge in [-0.25, -0.2) is 4.79 Å². The molecule has 0 saturated heterocycles. The zero-order valence-electron chi connectivity index (χ0n) is 9.82. The van der Waals surface area contributed by atoms with Crippen LogP contribution >= 0.6 is 0 Å². The fourth-order valence-corrected chi connectivity index (χ4v) is 0.979. The highest BCUT2D eigenvalue weighted by Gasteiger charge is 2.22. The molecular weight excluding hydrogens is 212 g/mol. The first-order valence-corrected chi connectivity index (χ1v) is 5.41. The molecule has 3 N–H and O–H groups in total. The van der Waals surface area contributed by atoms with E-state index in [9.17, 15) is 9.59 Å². The van der Waals surface area contributed by atoms with Crippen LogP contribution in [0.5, 0.6) is 0 Å². The van der Waals surface area contributed by atoms with Crippen LogP contribution in [0.1, 0.15) is 20.3 Å². The molecule has 0 spiro atoms. The van der Waals surface area contributed by atoms with Gasteiger partial charge in [0.1, 0.15) is 0 Å². The average molecular weight is 232 g/mol. The minimum absolute atomic E-state index is 0.212. The maximum atomic E-state index is 11.3. The Morgan fingerprint density at radius 2 is 2.00 bits per heavy atom. The van der Waals surface area contributed by atoms with Gasteiger partial charge in [-0.05, 0) is 20.3 Å². The van der Waals surface area contributed by atoms with Crippen LogP contribution in [0.2, 0.25) is 0 Å². The molecular formula is C10H20N2O4. The van der Waals surface area contributed by atoms with Gasteiger partial charge in [-0.3, -0.25) is 4.79 Å². The number of amides is 1. The van der Waals surface area contributed by atoms with Crippen LogP contribution in [0.15, 0.2) is 0 Å². The second-order valence-electron chi connectivity index (χ2n) is 3.07. The number of rotatable bonds is 8. The number of nitrogens with one attached hydrogen (secondary N) is 1. The number of ether oxygens (including phenoxy) is 2. The van der Waals surface area contributed by atoms with Crippen molar-refractivity contribution >= 4 is 11.9 Å². The minimum Gasteiger partial charge on any atom is -0.464 e. The third kappa shape index (κ3) is 6.36. The van der Waals surface area contributed by atoms with E-state index < -0.39 is 17.9 Å². The van der Waals surface area contributed by atoms with Crippen molar-refractivity contribution in [3.8, 4) is 0 Å². The molecule has 1 unspecified atom stereocenters. The molecule has 16 heavy (non-hydrogen) atoms. The Hall–Kier alpha value is -1.14. The molecule has 1 amide bonds. The number of esters is 1. The number of hydrogen-bond acceptors (Lipinski definition) is 5. The molecule has 0 rings (SSSR count). The molecule has 0 aromatic carbocycles. The Morgan fingerprint density at radius 3 is 2.56 bits per heavy atom. The van der Waals surface area contributed by atoms with Gasteiger partial charge >= 0.3 is 5.97 Å². The Kier molecular flexibility index (Phi) is 8.46. The van der Waals surface area contributed by atoms with Crippen LogP contribution in [0.3, 0.4) is 0 Å². The second-order valence-corrected chi connectivity index (χ2v) is 3.07. The van der Waals surface area contributed by atoms with Gasteiger partial charge in [0.05, 0.1) is 6.61 Å². The quantitative estimate of drug-likeness (QED) is 0.332. The lowest BCUT2D eigenvalue weighted by atomic mass is 10.3. The van der Waals surface area contributed by atoms with Crippen molar-refractivity contribution in [3.63, 3.8) is 0 Å². The summed E-state index contributed by atoms with van der Waals surface area (Å²) in [5.41, 5.74) is 5.37. The molecule has 0 radical (unpaired) electrons. The zero-order valence-corrected chi connectivity index (χ0v) is 9.82. The third-order valence-electron chi connectivity index (χ3n) is 1.79. The number of hydrogen-bond donors (Lipinski definition) is 2. The van der Waals surface area contributed by atoms with Gasteiger partial charge in [0.15, 0.2) is 6.04 Å². The van der Waals surface area contributed by atoms with Crippen LogP contribution in [-0.2, 0) is 19.1 Å². The topological polar surface area (TPSA) is 90.6 Å². The number of carbonyl (C=O) groups is 2. The standard InChI is InChI=1S/C10H20N2O4/c1-3-15-7-5-6-12-9(13)8(11)10(14)16-4-2/h8H,3-7,11H2,1-2H3,(H,12,13). The van der Waals surface area contributed by atoms with Crippen LogP contribution in [-0.4, -0.2) is 44.3 Å². The Morgan fingerprint density at radius 1 is 1.31 bits per heavy atom. The normalized spacial score (nSPS) is 11.9. The van der Waals surface area contributed by atoms with E-state index in [1.807, 2.05) is 6.92 Å². The van der Waals surface area contributed by atoms with Crippen molar-refractivity contribution in [2.45, 2.75) is 26.3 Å². The van der Waals surface area contributed by atoms with Crippen molar-refractivity contribution in [1.29, 1.82) is 0 Å². The predicted octanol–water partition coefficient (Wildman–Crippen LogP) is -0.580. The third-order valence-corrected chi connectivity index (χ3v) is 1.79. The molecule has 0 aromatic heterocycles. The summed E-state index contributed by atoms with van der Waals surface area (Å²) in [6, 6.07) is -1.24. The molecule has 94 valence electrons. The molecule has 0 heterocycles. The first kappa shape index (κ1) is 14.9. The SMILES string of the molecule is CCOCCCNC(=O)C(N)C(=O)OCC. The van der Waals surface area contributed by atoms with Crippen molar-refractivity contribution < 1.29 is 19.1 Å². The second kappa shape index (κ2) is 9.11. The molecule has 0 aliphatic carbocycles. The predicted molar refractivity (Wildman–Crippen MR) is 58.7 cm³/mol. The van der Waals surface area contributed by atoms with E-state index >= 15 is 0 Å². The fourth-order valence-electron chi connectivity index (χ4n) is 0.979.